The van der Waals surface area contributed by atoms with Gasteiger partial charge in [0.1, 0.15) is 5.76 Å². The van der Waals surface area contributed by atoms with E-state index in [9.17, 15) is 0 Å². The number of aromatic nitrogens is 1. The highest BCUT2D eigenvalue weighted by molar-refractivity contribution is 5.79. The topological polar surface area (TPSA) is 80.9 Å². The first kappa shape index (κ1) is 20.0. The van der Waals surface area contributed by atoms with Gasteiger partial charge >= 0.3 is 0 Å². The minimum Gasteiger partial charge on any atom is -0.454 e. The van der Waals surface area contributed by atoms with Crippen LogP contribution in [-0.2, 0) is 17.4 Å². The zero-order chi connectivity index (χ0) is 20.4. The van der Waals surface area contributed by atoms with E-state index in [1.807, 2.05) is 12.1 Å². The molecular weight excluding hydrogens is 356 g/mol. The Bertz CT molecular complexity index is 850. The number of nitrogens with one attached hydrogen (secondary N) is 2. The third-order valence-electron chi connectivity index (χ3n) is 4.78. The monoisotopic (exact) mass is 386 g/mol. The van der Waals surface area contributed by atoms with Crippen molar-refractivity contribution in [3.8, 4) is 11.5 Å². The van der Waals surface area contributed by atoms with Gasteiger partial charge in [0, 0.05) is 24.4 Å². The zero-order valence-corrected chi connectivity index (χ0v) is 17.5. The fraction of sp³-hybridized carbons (Fsp3) is 0.524. The number of rotatable bonds is 5. The first-order chi connectivity index (χ1) is 13.2. The second kappa shape index (κ2) is 7.73. The number of hydrogen-bond donors (Lipinski definition) is 2. The molecule has 3 rings (SSSR count). The first-order valence-corrected chi connectivity index (χ1v) is 9.49. The molecule has 1 aromatic heterocycles. The number of fused-ring (bicyclic) bond motifs is 1. The van der Waals surface area contributed by atoms with Crippen LogP contribution in [0.1, 0.15) is 51.8 Å². The smallest absolute Gasteiger partial charge is 0.231 e. The normalized spacial score (nSPS) is 14.3. The molecule has 1 aliphatic rings. The molecule has 0 atom stereocenters. The van der Waals surface area contributed by atoms with E-state index >= 15 is 0 Å². The quantitative estimate of drug-likeness (QED) is 0.606. The van der Waals surface area contributed by atoms with Crippen LogP contribution in [0, 0.1) is 0 Å². The van der Waals surface area contributed by atoms with Gasteiger partial charge in [0.15, 0.2) is 17.5 Å². The van der Waals surface area contributed by atoms with E-state index in [4.69, 9.17) is 13.9 Å². The van der Waals surface area contributed by atoms with E-state index in [2.05, 4.69) is 61.3 Å². The molecule has 0 radical (unpaired) electrons. The van der Waals surface area contributed by atoms with Crippen molar-refractivity contribution in [3.63, 3.8) is 0 Å². The molecule has 0 saturated carbocycles. The number of ether oxygens (including phenoxy) is 2. The summed E-state index contributed by atoms with van der Waals surface area (Å²) in [4.78, 5) is 8.63. The molecule has 2 N–H and O–H groups in total. The zero-order valence-electron chi connectivity index (χ0n) is 17.5. The van der Waals surface area contributed by atoms with Crippen LogP contribution in [0.2, 0.25) is 0 Å². The number of oxazole rings is 1. The molecule has 0 bridgehead atoms. The first-order valence-electron chi connectivity index (χ1n) is 9.49. The highest BCUT2D eigenvalue weighted by atomic mass is 16.7. The second-order valence-electron chi connectivity index (χ2n) is 8.60. The maximum absolute atomic E-state index is 5.82. The molecule has 1 aliphatic heterocycles. The van der Waals surface area contributed by atoms with E-state index in [0.29, 0.717) is 24.9 Å². The van der Waals surface area contributed by atoms with Crippen LogP contribution in [0.25, 0.3) is 0 Å². The van der Waals surface area contributed by atoms with E-state index in [0.717, 1.165) is 17.3 Å². The molecule has 0 unspecified atom stereocenters. The van der Waals surface area contributed by atoms with Gasteiger partial charge in [-0.05, 0) is 17.7 Å². The molecule has 0 spiro atoms. The maximum atomic E-state index is 5.82. The highest BCUT2D eigenvalue weighted by Gasteiger charge is 2.24. The number of guanidine groups is 1. The highest BCUT2D eigenvalue weighted by Crippen LogP contribution is 2.36. The predicted molar refractivity (Wildman–Crippen MR) is 109 cm³/mol. The van der Waals surface area contributed by atoms with Crippen LogP contribution in [0.4, 0.5) is 0 Å². The Morgan fingerprint density at radius 1 is 1.11 bits per heavy atom. The molecule has 0 aliphatic carbocycles. The van der Waals surface area contributed by atoms with Crippen molar-refractivity contribution in [1.29, 1.82) is 0 Å². The van der Waals surface area contributed by atoms with Crippen LogP contribution in [0.5, 0.6) is 11.5 Å². The molecule has 1 aromatic carbocycles. The summed E-state index contributed by atoms with van der Waals surface area (Å²) in [6.45, 7) is 12.1. The Balaban J connectivity index is 1.56. The number of nitrogens with zero attached hydrogens (tertiary/aromatic N) is 2. The third kappa shape index (κ3) is 4.58. The lowest BCUT2D eigenvalue weighted by Gasteiger charge is -2.27. The Morgan fingerprint density at radius 2 is 1.86 bits per heavy atom. The van der Waals surface area contributed by atoms with Crippen molar-refractivity contribution in [2.24, 2.45) is 4.99 Å². The average Bonchev–Trinajstić information content (AvgIpc) is 3.30. The molecule has 0 amide bonds. The van der Waals surface area contributed by atoms with Gasteiger partial charge in [-0.1, -0.05) is 40.7 Å². The van der Waals surface area contributed by atoms with Crippen LogP contribution in [0.15, 0.2) is 33.8 Å². The summed E-state index contributed by atoms with van der Waals surface area (Å²) in [6.07, 6.45) is 1.79. The van der Waals surface area contributed by atoms with E-state index in [-0.39, 0.29) is 17.6 Å². The summed E-state index contributed by atoms with van der Waals surface area (Å²) < 4.78 is 16.7. The van der Waals surface area contributed by atoms with E-state index < -0.39 is 0 Å². The SMILES string of the molecule is CN=C(NCc1ncc(C(C)(C)C)o1)NCC(C)(C)c1ccc2c(c1)OCO2. The molecule has 0 saturated heterocycles. The Hall–Kier alpha value is -2.70. The van der Waals surface area contributed by atoms with Crippen molar-refractivity contribution < 1.29 is 13.9 Å². The molecule has 152 valence electrons. The van der Waals surface area contributed by atoms with E-state index in [1.165, 1.54) is 5.56 Å². The number of benzene rings is 1. The van der Waals surface area contributed by atoms with Gasteiger partial charge in [-0.2, -0.15) is 0 Å². The van der Waals surface area contributed by atoms with Crippen molar-refractivity contribution in [2.45, 2.75) is 52.0 Å². The number of hydrogen-bond acceptors (Lipinski definition) is 5. The summed E-state index contributed by atoms with van der Waals surface area (Å²) in [6, 6.07) is 6.08. The van der Waals surface area contributed by atoms with Gasteiger partial charge in [0.2, 0.25) is 12.7 Å². The standard InChI is InChI=1S/C21H30N4O3/c1-20(2,3)17-10-23-18(28-17)11-24-19(22-6)25-12-21(4,5)14-7-8-15-16(9-14)27-13-26-15/h7-10H,11-13H2,1-6H3,(H2,22,24,25). The van der Waals surface area contributed by atoms with Gasteiger partial charge in [-0.3, -0.25) is 4.99 Å². The van der Waals surface area contributed by atoms with E-state index in [1.54, 1.807) is 13.2 Å². The average molecular weight is 386 g/mol. The van der Waals surface area contributed by atoms with Gasteiger partial charge in [-0.15, -0.1) is 0 Å². The Morgan fingerprint density at radius 3 is 2.54 bits per heavy atom. The van der Waals surface area contributed by atoms with Crippen molar-refractivity contribution in [1.82, 2.24) is 15.6 Å². The van der Waals surface area contributed by atoms with Crippen LogP contribution >= 0.6 is 0 Å². The van der Waals surface area contributed by atoms with Gasteiger partial charge in [-0.25, -0.2) is 4.98 Å². The van der Waals surface area contributed by atoms with Gasteiger partial charge < -0.3 is 24.5 Å². The van der Waals surface area contributed by atoms with Crippen molar-refractivity contribution in [2.75, 3.05) is 20.4 Å². The summed E-state index contributed by atoms with van der Waals surface area (Å²) >= 11 is 0. The van der Waals surface area contributed by atoms with Crippen molar-refractivity contribution in [3.05, 3.63) is 41.6 Å². The Kier molecular flexibility index (Phi) is 5.54. The lowest BCUT2D eigenvalue weighted by atomic mass is 9.84. The lowest BCUT2D eigenvalue weighted by Crippen LogP contribution is -2.43. The van der Waals surface area contributed by atoms with Gasteiger partial charge in [0.05, 0.1) is 12.7 Å². The molecule has 7 heteroatoms. The largest absolute Gasteiger partial charge is 0.454 e. The fourth-order valence-electron chi connectivity index (χ4n) is 2.84. The summed E-state index contributed by atoms with van der Waals surface area (Å²) in [5.41, 5.74) is 0.989. The van der Waals surface area contributed by atoms with Crippen LogP contribution in [0.3, 0.4) is 0 Å². The molecular formula is C21H30N4O3. The Labute approximate surface area is 166 Å². The molecule has 0 fully saturated rings. The summed E-state index contributed by atoms with van der Waals surface area (Å²) in [5.74, 6) is 3.81. The summed E-state index contributed by atoms with van der Waals surface area (Å²) in [5, 5.41) is 6.63. The lowest BCUT2D eigenvalue weighted by molar-refractivity contribution is 0.174. The summed E-state index contributed by atoms with van der Waals surface area (Å²) in [7, 11) is 1.75. The molecule has 28 heavy (non-hydrogen) atoms. The molecule has 7 nitrogen and oxygen atoms in total. The van der Waals surface area contributed by atoms with Crippen LogP contribution in [-0.4, -0.2) is 31.3 Å². The number of aliphatic imine (C=N–C) groups is 1. The van der Waals surface area contributed by atoms with Crippen molar-refractivity contribution >= 4 is 5.96 Å². The predicted octanol–water partition coefficient (Wildman–Crippen LogP) is 3.34. The van der Waals surface area contributed by atoms with Gasteiger partial charge in [0.25, 0.3) is 0 Å². The fourth-order valence-corrected chi connectivity index (χ4v) is 2.84. The second-order valence-corrected chi connectivity index (χ2v) is 8.60. The third-order valence-corrected chi connectivity index (χ3v) is 4.78. The maximum Gasteiger partial charge on any atom is 0.231 e. The van der Waals surface area contributed by atoms with Crippen LogP contribution < -0.4 is 20.1 Å². The minimum absolute atomic E-state index is 0.0557. The molecule has 2 heterocycles. The molecule has 2 aromatic rings. The minimum atomic E-state index is -0.124.